The summed E-state index contributed by atoms with van der Waals surface area (Å²) in [4.78, 5) is 10.1. The molecular formula is C46H39N3O2Pt. The molecule has 5 aromatic carbocycles. The van der Waals surface area contributed by atoms with E-state index in [4.69, 9.17) is 19.1 Å². The van der Waals surface area contributed by atoms with Crippen molar-refractivity contribution in [3.05, 3.63) is 126 Å². The Bertz CT molecular complexity index is 2830. The molecule has 0 spiro atoms. The van der Waals surface area contributed by atoms with Crippen LogP contribution in [0.25, 0.3) is 71.6 Å². The van der Waals surface area contributed by atoms with Gasteiger partial charge in [-0.15, -0.1) is 11.6 Å². The average molecular weight is 861 g/mol. The molecule has 0 fully saturated rings. The van der Waals surface area contributed by atoms with Gasteiger partial charge in [-0.1, -0.05) is 101 Å². The largest absolute Gasteiger partial charge is 2.00 e. The Morgan fingerprint density at radius 1 is 0.731 bits per heavy atom. The summed E-state index contributed by atoms with van der Waals surface area (Å²) in [6.45, 7) is 17.7. The number of ether oxygens (including phenoxy) is 1. The summed E-state index contributed by atoms with van der Waals surface area (Å²) >= 11 is 0. The Morgan fingerprint density at radius 3 is 2.27 bits per heavy atom. The molecule has 0 aliphatic heterocycles. The summed E-state index contributed by atoms with van der Waals surface area (Å²) in [5.41, 5.74) is 10.8. The van der Waals surface area contributed by atoms with Crippen molar-refractivity contribution in [3.8, 4) is 28.6 Å². The molecule has 0 atom stereocenters. The molecule has 0 aliphatic carbocycles. The van der Waals surface area contributed by atoms with Gasteiger partial charge < -0.3 is 18.7 Å². The number of benzene rings is 5. The normalized spacial score (nSPS) is 12.5. The number of fused-ring (bicyclic) bond motifs is 3. The van der Waals surface area contributed by atoms with Crippen LogP contribution in [0.15, 0.2) is 95.5 Å². The molecule has 0 unspecified atom stereocenters. The van der Waals surface area contributed by atoms with Crippen molar-refractivity contribution in [1.29, 1.82) is 0 Å². The van der Waals surface area contributed by atoms with Crippen LogP contribution < -0.4 is 4.74 Å². The van der Waals surface area contributed by atoms with Gasteiger partial charge >= 0.3 is 21.1 Å². The number of pyridine rings is 2. The van der Waals surface area contributed by atoms with Gasteiger partial charge in [-0.05, 0) is 76.5 Å². The predicted octanol–water partition coefficient (Wildman–Crippen LogP) is 12.3. The Morgan fingerprint density at radius 2 is 1.48 bits per heavy atom. The van der Waals surface area contributed by atoms with Gasteiger partial charge in [0, 0.05) is 28.4 Å². The molecule has 0 aliphatic rings. The third-order valence-corrected chi connectivity index (χ3v) is 10.5. The molecule has 0 radical (unpaired) electrons. The fourth-order valence-corrected chi connectivity index (χ4v) is 7.56. The van der Waals surface area contributed by atoms with Gasteiger partial charge in [-0.2, -0.15) is 28.7 Å². The van der Waals surface area contributed by atoms with Crippen LogP contribution in [0.1, 0.15) is 63.8 Å². The van der Waals surface area contributed by atoms with E-state index in [0.717, 1.165) is 60.6 Å². The average Bonchev–Trinajstić information content (AvgIpc) is 3.66. The van der Waals surface area contributed by atoms with Gasteiger partial charge in [0.2, 0.25) is 5.88 Å². The van der Waals surface area contributed by atoms with Crippen LogP contribution in [0.3, 0.4) is 0 Å². The van der Waals surface area contributed by atoms with E-state index in [-0.39, 0.29) is 31.9 Å². The number of rotatable bonds is 4. The molecule has 4 heterocycles. The molecule has 5 nitrogen and oxygen atoms in total. The van der Waals surface area contributed by atoms with E-state index in [0.29, 0.717) is 17.2 Å². The topological polar surface area (TPSA) is 53.1 Å². The Labute approximate surface area is 318 Å². The van der Waals surface area contributed by atoms with Gasteiger partial charge in [0.15, 0.2) is 0 Å². The molecule has 6 heteroatoms. The Kier molecular flexibility index (Phi) is 7.89. The van der Waals surface area contributed by atoms with Gasteiger partial charge in [-0.25, -0.2) is 0 Å². The molecule has 9 aromatic rings. The maximum Gasteiger partial charge on any atom is 2.00 e. The van der Waals surface area contributed by atoms with Crippen LogP contribution in [0.2, 0.25) is 0 Å². The first-order chi connectivity index (χ1) is 24.4. The summed E-state index contributed by atoms with van der Waals surface area (Å²) in [5.74, 6) is 0.935. The second kappa shape index (κ2) is 12.0. The first-order valence-corrected chi connectivity index (χ1v) is 17.6. The maximum absolute atomic E-state index is 6.81. The fourth-order valence-electron chi connectivity index (χ4n) is 7.56. The first kappa shape index (κ1) is 34.1. The third-order valence-electron chi connectivity index (χ3n) is 10.5. The van der Waals surface area contributed by atoms with Crippen LogP contribution in [-0.2, 0) is 31.9 Å². The summed E-state index contributed by atoms with van der Waals surface area (Å²) in [6.07, 6.45) is 1.90. The molecule has 0 bridgehead atoms. The minimum atomic E-state index is -0.0454. The number of nitrogens with zero attached hydrogens (tertiary/aromatic N) is 3. The number of hydrogen-bond donors (Lipinski definition) is 0. The third kappa shape index (κ3) is 5.24. The molecule has 0 saturated carbocycles. The minimum Gasteiger partial charge on any atom is -0.497 e. The van der Waals surface area contributed by atoms with Crippen LogP contribution in [0.5, 0.6) is 11.6 Å². The van der Waals surface area contributed by atoms with Crippen LogP contribution in [0, 0.1) is 26.0 Å². The van der Waals surface area contributed by atoms with Crippen molar-refractivity contribution >= 4 is 54.6 Å². The van der Waals surface area contributed by atoms with Crippen LogP contribution in [0.4, 0.5) is 0 Å². The first-order valence-electron chi connectivity index (χ1n) is 17.6. The second-order valence-corrected chi connectivity index (χ2v) is 15.8. The second-order valence-electron chi connectivity index (χ2n) is 15.8. The molecule has 52 heavy (non-hydrogen) atoms. The van der Waals surface area contributed by atoms with E-state index in [2.05, 4.69) is 139 Å². The predicted molar refractivity (Wildman–Crippen MR) is 209 cm³/mol. The Balaban J connectivity index is 0.00000387. The Hall–Kier alpha value is -4.99. The van der Waals surface area contributed by atoms with Crippen molar-refractivity contribution in [3.63, 3.8) is 0 Å². The van der Waals surface area contributed by atoms with E-state index >= 15 is 0 Å². The zero-order valence-corrected chi connectivity index (χ0v) is 32.9. The van der Waals surface area contributed by atoms with E-state index < -0.39 is 0 Å². The van der Waals surface area contributed by atoms with Crippen molar-refractivity contribution < 1.29 is 30.2 Å². The molecule has 9 rings (SSSR count). The molecule has 0 N–H and O–H groups in total. The zero-order valence-electron chi connectivity index (χ0n) is 30.6. The molecule has 0 saturated heterocycles. The van der Waals surface area contributed by atoms with Gasteiger partial charge in [0.1, 0.15) is 11.2 Å². The van der Waals surface area contributed by atoms with Gasteiger partial charge in [0.05, 0.1) is 16.8 Å². The van der Waals surface area contributed by atoms with Gasteiger partial charge in [-0.3, -0.25) is 0 Å². The summed E-state index contributed by atoms with van der Waals surface area (Å²) in [6, 6.07) is 36.5. The van der Waals surface area contributed by atoms with E-state index in [1.54, 1.807) is 0 Å². The number of furan rings is 1. The smallest absolute Gasteiger partial charge is 0.497 e. The SMILES string of the molecule is Cc1c(C)c2c(-c3cc(C(C)(C)C)ccn3)[c-]c(Oc3ccc4c5ccccc5n(-c5[c-]ccc(C(C)(C)C)c5)c4n3)c3oc4cccc1c4c32.[Pt+2]. The standard InChI is InChI=1S/C46H39N3O2.Pt/c1-26-27(2)40-34(35-24-29(21-22-47-35)46(6,7)8)25-38(43-42(40)41-31(26)16-12-18-37(41)51-43)50-39-20-19-33-32-15-9-10-17-36(32)49(44(33)48-39)30-14-11-13-28(23-30)45(3,4)5;/h9-13,15-24H,1-8H3;/q-2;+2. The fraction of sp³-hybridized carbons (Fsp3) is 0.217. The van der Waals surface area contributed by atoms with E-state index in [9.17, 15) is 0 Å². The number of aryl methyl sites for hydroxylation is 2. The monoisotopic (exact) mass is 860 g/mol. The quantitative estimate of drug-likeness (QED) is 0.131. The summed E-state index contributed by atoms with van der Waals surface area (Å²) < 4.78 is 15.6. The van der Waals surface area contributed by atoms with E-state index in [1.807, 2.05) is 24.4 Å². The summed E-state index contributed by atoms with van der Waals surface area (Å²) in [5, 5.41) is 6.54. The maximum atomic E-state index is 6.81. The van der Waals surface area contributed by atoms with Crippen molar-refractivity contribution in [2.45, 2.75) is 66.2 Å². The zero-order chi connectivity index (χ0) is 35.4. The molecule has 260 valence electrons. The van der Waals surface area contributed by atoms with Crippen molar-refractivity contribution in [2.75, 3.05) is 0 Å². The molecule has 0 amide bonds. The van der Waals surface area contributed by atoms with Crippen LogP contribution >= 0.6 is 0 Å². The van der Waals surface area contributed by atoms with Gasteiger partial charge in [0.25, 0.3) is 0 Å². The van der Waals surface area contributed by atoms with Crippen LogP contribution in [-0.4, -0.2) is 14.5 Å². The summed E-state index contributed by atoms with van der Waals surface area (Å²) in [7, 11) is 0. The number of para-hydroxylation sites is 1. The minimum absolute atomic E-state index is 0. The van der Waals surface area contributed by atoms with E-state index in [1.165, 1.54) is 27.6 Å². The van der Waals surface area contributed by atoms with Crippen molar-refractivity contribution in [2.24, 2.45) is 0 Å². The molecule has 4 aromatic heterocycles. The van der Waals surface area contributed by atoms with Crippen molar-refractivity contribution in [1.82, 2.24) is 14.5 Å². The number of hydrogen-bond acceptors (Lipinski definition) is 4. The molecular weight excluding hydrogens is 822 g/mol. The number of aromatic nitrogens is 3.